The highest BCUT2D eigenvalue weighted by Crippen LogP contribution is 2.33. The van der Waals surface area contributed by atoms with Gasteiger partial charge in [-0.25, -0.2) is 4.79 Å². The lowest BCUT2D eigenvalue weighted by molar-refractivity contribution is 0.122. The number of nitrogens with zero attached hydrogens (tertiary/aromatic N) is 3. The van der Waals surface area contributed by atoms with Crippen molar-refractivity contribution >= 4 is 17.8 Å². The number of carbonyl (C=O) groups is 1. The van der Waals surface area contributed by atoms with E-state index < -0.39 is 0 Å². The minimum atomic E-state index is -0.307. The third kappa shape index (κ3) is 5.53. The van der Waals surface area contributed by atoms with Crippen LogP contribution in [0.1, 0.15) is 21.9 Å². The molecule has 2 saturated heterocycles. The summed E-state index contributed by atoms with van der Waals surface area (Å²) in [5.74, 6) is 0.947. The maximum absolute atomic E-state index is 11.5. The van der Waals surface area contributed by atoms with Crippen molar-refractivity contribution in [3.63, 3.8) is 0 Å². The van der Waals surface area contributed by atoms with Crippen LogP contribution in [-0.4, -0.2) is 65.8 Å². The van der Waals surface area contributed by atoms with Crippen molar-refractivity contribution in [3.05, 3.63) is 71.3 Å². The quantitative estimate of drug-likeness (QED) is 0.823. The molecule has 2 aliphatic rings. The molecule has 0 aliphatic carbocycles. The highest BCUT2D eigenvalue weighted by atomic mass is 32.2. The highest BCUT2D eigenvalue weighted by molar-refractivity contribution is 7.99. The van der Waals surface area contributed by atoms with E-state index in [2.05, 4.69) is 64.4 Å². The Hall–Kier alpha value is -2.02. The summed E-state index contributed by atoms with van der Waals surface area (Å²) in [5.41, 5.74) is 9.50. The average Bonchev–Trinajstić information content (AvgIpc) is 2.76. The predicted molar refractivity (Wildman–Crippen MR) is 120 cm³/mol. The Morgan fingerprint density at radius 1 is 0.862 bits per heavy atom. The van der Waals surface area contributed by atoms with Crippen LogP contribution in [0, 0.1) is 0 Å². The van der Waals surface area contributed by atoms with Crippen molar-refractivity contribution < 1.29 is 4.79 Å². The maximum Gasteiger partial charge on any atom is 0.314 e. The van der Waals surface area contributed by atoms with Gasteiger partial charge in [-0.3, -0.25) is 9.80 Å². The van der Waals surface area contributed by atoms with Gasteiger partial charge in [-0.15, -0.1) is 0 Å². The van der Waals surface area contributed by atoms with Gasteiger partial charge in [-0.2, -0.15) is 11.8 Å². The van der Waals surface area contributed by atoms with E-state index in [1.54, 1.807) is 4.90 Å². The second-order valence-electron chi connectivity index (χ2n) is 7.92. The minimum absolute atomic E-state index is 0.307. The summed E-state index contributed by atoms with van der Waals surface area (Å²) in [4.78, 5) is 18.3. The Kier molecular flexibility index (Phi) is 6.74. The topological polar surface area (TPSA) is 52.8 Å². The number of hydrogen-bond acceptors (Lipinski definition) is 4. The van der Waals surface area contributed by atoms with Gasteiger partial charge >= 0.3 is 6.03 Å². The van der Waals surface area contributed by atoms with E-state index in [0.29, 0.717) is 11.8 Å². The normalized spacial score (nSPS) is 21.2. The number of urea groups is 1. The van der Waals surface area contributed by atoms with Gasteiger partial charge in [0.25, 0.3) is 0 Å². The van der Waals surface area contributed by atoms with E-state index >= 15 is 0 Å². The molecule has 0 saturated carbocycles. The summed E-state index contributed by atoms with van der Waals surface area (Å²) in [6, 6.07) is 19.4. The molecule has 2 aliphatic heterocycles. The molecular weight excluding hydrogens is 380 g/mol. The fourth-order valence-electron chi connectivity index (χ4n) is 4.09. The van der Waals surface area contributed by atoms with Gasteiger partial charge in [0, 0.05) is 63.4 Å². The minimum Gasteiger partial charge on any atom is -0.351 e. The van der Waals surface area contributed by atoms with E-state index in [1.807, 2.05) is 11.8 Å². The van der Waals surface area contributed by atoms with Gasteiger partial charge in [0.15, 0.2) is 0 Å². The molecule has 5 nitrogen and oxygen atoms in total. The molecule has 2 fully saturated rings. The molecule has 1 unspecified atom stereocenters. The van der Waals surface area contributed by atoms with Crippen LogP contribution in [-0.2, 0) is 13.1 Å². The molecule has 154 valence electrons. The Morgan fingerprint density at radius 3 is 2.03 bits per heavy atom. The van der Waals surface area contributed by atoms with Crippen molar-refractivity contribution in [2.75, 3.05) is 45.0 Å². The third-order valence-corrected chi connectivity index (χ3v) is 7.09. The highest BCUT2D eigenvalue weighted by Gasteiger charge is 2.24. The van der Waals surface area contributed by atoms with Gasteiger partial charge in [0.1, 0.15) is 0 Å². The molecule has 2 aromatic carbocycles. The number of carbonyl (C=O) groups excluding carboxylic acids is 1. The fourth-order valence-corrected chi connectivity index (χ4v) is 5.34. The van der Waals surface area contributed by atoms with Crippen LogP contribution in [0.15, 0.2) is 54.6 Å². The molecule has 0 bridgehead atoms. The zero-order valence-corrected chi connectivity index (χ0v) is 17.7. The smallest absolute Gasteiger partial charge is 0.314 e. The predicted octanol–water partition coefficient (Wildman–Crippen LogP) is 3.17. The van der Waals surface area contributed by atoms with Crippen LogP contribution in [0.3, 0.4) is 0 Å². The maximum atomic E-state index is 11.5. The van der Waals surface area contributed by atoms with E-state index in [0.717, 1.165) is 51.6 Å². The lowest BCUT2D eigenvalue weighted by Crippen LogP contribution is -2.45. The second kappa shape index (κ2) is 9.65. The molecule has 6 heteroatoms. The van der Waals surface area contributed by atoms with Crippen molar-refractivity contribution in [2.45, 2.75) is 18.3 Å². The molecule has 0 aromatic heterocycles. The SMILES string of the molecule is NC(=O)N1CCSC(c2ccc(CN3CCN(Cc4ccccc4)CC3)cc2)C1. The number of amides is 2. The molecule has 1 atom stereocenters. The Labute approximate surface area is 177 Å². The lowest BCUT2D eigenvalue weighted by atomic mass is 10.1. The van der Waals surface area contributed by atoms with Gasteiger partial charge in [-0.1, -0.05) is 54.6 Å². The summed E-state index contributed by atoms with van der Waals surface area (Å²) >= 11 is 1.91. The van der Waals surface area contributed by atoms with Gasteiger partial charge in [0.05, 0.1) is 0 Å². The van der Waals surface area contributed by atoms with Crippen molar-refractivity contribution in [1.82, 2.24) is 14.7 Å². The lowest BCUT2D eigenvalue weighted by Gasteiger charge is -2.35. The number of hydrogen-bond donors (Lipinski definition) is 1. The van der Waals surface area contributed by atoms with Crippen LogP contribution < -0.4 is 5.73 Å². The monoisotopic (exact) mass is 410 g/mol. The number of primary amides is 1. The third-order valence-electron chi connectivity index (χ3n) is 5.85. The van der Waals surface area contributed by atoms with Crippen molar-refractivity contribution in [2.24, 2.45) is 5.73 Å². The van der Waals surface area contributed by atoms with Gasteiger partial charge in [-0.05, 0) is 16.7 Å². The Balaban J connectivity index is 1.26. The fraction of sp³-hybridized carbons (Fsp3) is 0.435. The number of rotatable bonds is 5. The number of benzene rings is 2. The molecule has 0 spiro atoms. The van der Waals surface area contributed by atoms with E-state index in [1.165, 1.54) is 16.7 Å². The number of piperazine rings is 1. The molecule has 0 radical (unpaired) electrons. The Morgan fingerprint density at radius 2 is 1.45 bits per heavy atom. The number of nitrogens with two attached hydrogens (primary N) is 1. The van der Waals surface area contributed by atoms with E-state index in [4.69, 9.17) is 5.73 Å². The molecule has 2 amide bonds. The standard InChI is InChI=1S/C23H30N4OS/c24-23(28)27-14-15-29-22(18-27)21-8-6-20(7-9-21)17-26-12-10-25(11-13-26)16-19-4-2-1-3-5-19/h1-9,22H,10-18H2,(H2,24,28). The average molecular weight is 411 g/mol. The van der Waals surface area contributed by atoms with Gasteiger partial charge < -0.3 is 10.6 Å². The summed E-state index contributed by atoms with van der Waals surface area (Å²) in [5, 5.41) is 0.326. The molecule has 2 heterocycles. The first-order chi connectivity index (χ1) is 14.2. The van der Waals surface area contributed by atoms with Crippen molar-refractivity contribution in [3.8, 4) is 0 Å². The first kappa shape index (κ1) is 20.3. The van der Waals surface area contributed by atoms with Crippen LogP contribution in [0.2, 0.25) is 0 Å². The van der Waals surface area contributed by atoms with Crippen LogP contribution in [0.5, 0.6) is 0 Å². The van der Waals surface area contributed by atoms with E-state index in [9.17, 15) is 4.79 Å². The van der Waals surface area contributed by atoms with E-state index in [-0.39, 0.29) is 6.03 Å². The second-order valence-corrected chi connectivity index (χ2v) is 9.23. The first-order valence-corrected chi connectivity index (χ1v) is 11.5. The molecule has 4 rings (SSSR count). The van der Waals surface area contributed by atoms with Crippen LogP contribution in [0.25, 0.3) is 0 Å². The molecular formula is C23H30N4OS. The van der Waals surface area contributed by atoms with Crippen molar-refractivity contribution in [1.29, 1.82) is 0 Å². The number of thioether (sulfide) groups is 1. The first-order valence-electron chi connectivity index (χ1n) is 10.4. The van der Waals surface area contributed by atoms with Gasteiger partial charge in [0.2, 0.25) is 0 Å². The summed E-state index contributed by atoms with van der Waals surface area (Å²) < 4.78 is 0. The zero-order valence-electron chi connectivity index (χ0n) is 16.9. The summed E-state index contributed by atoms with van der Waals surface area (Å²) in [6.07, 6.45) is 0. The molecule has 2 aromatic rings. The molecule has 29 heavy (non-hydrogen) atoms. The molecule has 2 N–H and O–H groups in total. The largest absolute Gasteiger partial charge is 0.351 e. The van der Waals surface area contributed by atoms with Crippen LogP contribution >= 0.6 is 11.8 Å². The summed E-state index contributed by atoms with van der Waals surface area (Å²) in [7, 11) is 0. The van der Waals surface area contributed by atoms with Crippen LogP contribution in [0.4, 0.5) is 4.79 Å². The summed E-state index contributed by atoms with van der Waals surface area (Å²) in [6.45, 7) is 7.98. The Bertz CT molecular complexity index is 790. The zero-order chi connectivity index (χ0) is 20.1.